The molecule has 2 aromatic rings. The molecule has 2 rings (SSSR count). The lowest BCUT2D eigenvalue weighted by atomic mass is 10.4. The van der Waals surface area contributed by atoms with E-state index in [2.05, 4.69) is 4.98 Å². The van der Waals surface area contributed by atoms with Crippen molar-refractivity contribution in [1.82, 2.24) is 4.98 Å². The first-order valence-corrected chi connectivity index (χ1v) is 3.17. The van der Waals surface area contributed by atoms with Crippen molar-refractivity contribution in [2.45, 2.75) is 6.92 Å². The molecule has 0 aliphatic heterocycles. The molecule has 0 saturated carbocycles. The van der Waals surface area contributed by atoms with Crippen LogP contribution in [0, 0.1) is 6.92 Å². The monoisotopic (exact) mass is 205 g/mol. The molecule has 4 heteroatoms. The van der Waals surface area contributed by atoms with Crippen LogP contribution in [-0.2, 0) is 0 Å². The molecule has 0 spiro atoms. The van der Waals surface area contributed by atoms with Gasteiger partial charge in [-0.3, -0.25) is 4.98 Å². The van der Waals surface area contributed by atoms with E-state index in [0.29, 0.717) is 0 Å². The molecule has 12 heavy (non-hydrogen) atoms. The number of fused-ring (bicyclic) bond motifs is 1. The van der Waals surface area contributed by atoms with E-state index in [1.165, 1.54) is 0 Å². The van der Waals surface area contributed by atoms with Crippen molar-refractivity contribution in [3.8, 4) is 0 Å². The van der Waals surface area contributed by atoms with Gasteiger partial charge in [-0.2, -0.15) is 0 Å². The van der Waals surface area contributed by atoms with Gasteiger partial charge in [0.15, 0.2) is 5.58 Å². The lowest BCUT2D eigenvalue weighted by molar-refractivity contribution is 0.578. The average Bonchev–Trinajstić information content (AvgIpc) is 2.27. The first-order chi connectivity index (χ1) is 4.86. The van der Waals surface area contributed by atoms with Gasteiger partial charge in [-0.1, -0.05) is 0 Å². The van der Waals surface area contributed by atoms with Gasteiger partial charge in [0.2, 0.25) is 0 Å². The Kier molecular flexibility index (Phi) is 4.07. The fraction of sp³-hybridized carbons (Fsp3) is 0.125. The van der Waals surface area contributed by atoms with Gasteiger partial charge in [-0.25, -0.2) is 0 Å². The highest BCUT2D eigenvalue weighted by molar-refractivity contribution is 5.85. The van der Waals surface area contributed by atoms with E-state index in [9.17, 15) is 0 Å². The Morgan fingerprint density at radius 3 is 2.75 bits per heavy atom. The minimum atomic E-state index is 0. The SMILES string of the molecule is Cc1cc2ncccc2o1.Cl.Cl. The molecule has 0 radical (unpaired) electrons. The maximum Gasteiger partial charge on any atom is 0.152 e. The molecule has 0 aromatic carbocycles. The summed E-state index contributed by atoms with van der Waals surface area (Å²) in [6.45, 7) is 1.92. The second-order valence-corrected chi connectivity index (χ2v) is 2.24. The van der Waals surface area contributed by atoms with Crippen LogP contribution < -0.4 is 0 Å². The second kappa shape index (κ2) is 4.33. The van der Waals surface area contributed by atoms with Gasteiger partial charge in [0, 0.05) is 12.3 Å². The fourth-order valence-electron chi connectivity index (χ4n) is 0.993. The third-order valence-electron chi connectivity index (χ3n) is 1.41. The largest absolute Gasteiger partial charge is 0.460 e. The van der Waals surface area contributed by atoms with E-state index >= 15 is 0 Å². The van der Waals surface area contributed by atoms with Crippen molar-refractivity contribution in [1.29, 1.82) is 0 Å². The Morgan fingerprint density at radius 2 is 2.08 bits per heavy atom. The highest BCUT2D eigenvalue weighted by atomic mass is 35.5. The summed E-state index contributed by atoms with van der Waals surface area (Å²) in [5, 5.41) is 0. The van der Waals surface area contributed by atoms with Crippen molar-refractivity contribution >= 4 is 35.9 Å². The predicted molar refractivity (Wildman–Crippen MR) is 53.2 cm³/mol. The topological polar surface area (TPSA) is 26.0 Å². The molecule has 0 amide bonds. The van der Waals surface area contributed by atoms with Gasteiger partial charge in [-0.05, 0) is 19.1 Å². The normalized spacial score (nSPS) is 8.75. The number of hydrogen-bond acceptors (Lipinski definition) is 2. The fourth-order valence-corrected chi connectivity index (χ4v) is 0.993. The number of nitrogens with zero attached hydrogens (tertiary/aromatic N) is 1. The Balaban J connectivity index is 0.000000605. The van der Waals surface area contributed by atoms with Gasteiger partial charge in [0.25, 0.3) is 0 Å². The third kappa shape index (κ3) is 1.90. The molecule has 0 aliphatic rings. The summed E-state index contributed by atoms with van der Waals surface area (Å²) in [5.41, 5.74) is 1.79. The minimum absolute atomic E-state index is 0. The number of aromatic nitrogens is 1. The van der Waals surface area contributed by atoms with E-state index in [0.717, 1.165) is 16.9 Å². The Labute approximate surface area is 82.8 Å². The van der Waals surface area contributed by atoms with E-state index in [1.54, 1.807) is 6.20 Å². The second-order valence-electron chi connectivity index (χ2n) is 2.24. The van der Waals surface area contributed by atoms with Gasteiger partial charge < -0.3 is 4.42 Å². The molecule has 66 valence electrons. The van der Waals surface area contributed by atoms with E-state index < -0.39 is 0 Å². The lowest BCUT2D eigenvalue weighted by Crippen LogP contribution is -1.66. The van der Waals surface area contributed by atoms with E-state index in [4.69, 9.17) is 4.42 Å². The zero-order chi connectivity index (χ0) is 6.97. The average molecular weight is 206 g/mol. The van der Waals surface area contributed by atoms with Crippen LogP contribution in [0.15, 0.2) is 28.8 Å². The van der Waals surface area contributed by atoms with Crippen LogP contribution in [0.25, 0.3) is 11.1 Å². The summed E-state index contributed by atoms with van der Waals surface area (Å²) in [6.07, 6.45) is 1.76. The molecule has 0 saturated heterocycles. The third-order valence-corrected chi connectivity index (χ3v) is 1.41. The Morgan fingerprint density at radius 1 is 1.33 bits per heavy atom. The van der Waals surface area contributed by atoms with Crippen LogP contribution in [0.3, 0.4) is 0 Å². The molecule has 0 aliphatic carbocycles. The number of halogens is 2. The van der Waals surface area contributed by atoms with Crippen molar-refractivity contribution in [3.05, 3.63) is 30.2 Å². The molecular formula is C8H9Cl2NO. The summed E-state index contributed by atoms with van der Waals surface area (Å²) in [5.74, 6) is 0.911. The zero-order valence-corrected chi connectivity index (χ0v) is 8.11. The highest BCUT2D eigenvalue weighted by Crippen LogP contribution is 2.14. The number of furan rings is 1. The maximum atomic E-state index is 5.31. The molecule has 0 atom stereocenters. The van der Waals surface area contributed by atoms with Crippen LogP contribution in [0.5, 0.6) is 0 Å². The standard InChI is InChI=1S/C8H7NO.2ClH/c1-6-5-7-8(10-6)3-2-4-9-7;;/h2-5H,1H3;2*1H. The van der Waals surface area contributed by atoms with Crippen molar-refractivity contribution < 1.29 is 4.42 Å². The maximum absolute atomic E-state index is 5.31. The Bertz CT molecular complexity index is 326. The predicted octanol–water partition coefficient (Wildman–Crippen LogP) is 2.98. The Hall–Kier alpha value is -0.730. The van der Waals surface area contributed by atoms with Crippen molar-refractivity contribution in [2.24, 2.45) is 0 Å². The highest BCUT2D eigenvalue weighted by Gasteiger charge is 1.96. The minimum Gasteiger partial charge on any atom is -0.460 e. The van der Waals surface area contributed by atoms with Crippen LogP contribution in [0.2, 0.25) is 0 Å². The summed E-state index contributed by atoms with van der Waals surface area (Å²) >= 11 is 0. The smallest absolute Gasteiger partial charge is 0.152 e. The van der Waals surface area contributed by atoms with Gasteiger partial charge in [0.05, 0.1) is 0 Å². The van der Waals surface area contributed by atoms with Gasteiger partial charge in [0.1, 0.15) is 11.3 Å². The van der Waals surface area contributed by atoms with Crippen molar-refractivity contribution in [3.63, 3.8) is 0 Å². The molecular weight excluding hydrogens is 197 g/mol. The lowest BCUT2D eigenvalue weighted by Gasteiger charge is -1.81. The number of aryl methyl sites for hydroxylation is 1. The molecule has 0 bridgehead atoms. The quantitative estimate of drug-likeness (QED) is 0.662. The van der Waals surface area contributed by atoms with Crippen LogP contribution in [0.1, 0.15) is 5.76 Å². The van der Waals surface area contributed by atoms with Gasteiger partial charge >= 0.3 is 0 Å². The summed E-state index contributed by atoms with van der Waals surface area (Å²) in [7, 11) is 0. The van der Waals surface area contributed by atoms with Crippen LogP contribution in [-0.4, -0.2) is 4.98 Å². The van der Waals surface area contributed by atoms with Crippen LogP contribution >= 0.6 is 24.8 Å². The first-order valence-electron chi connectivity index (χ1n) is 3.17. The number of rotatable bonds is 0. The summed E-state index contributed by atoms with van der Waals surface area (Å²) in [6, 6.07) is 5.70. The number of hydrogen-bond donors (Lipinski definition) is 0. The molecule has 0 N–H and O–H groups in total. The number of pyridine rings is 1. The molecule has 2 nitrogen and oxygen atoms in total. The van der Waals surface area contributed by atoms with Crippen LogP contribution in [0.4, 0.5) is 0 Å². The van der Waals surface area contributed by atoms with E-state index in [1.807, 2.05) is 25.1 Å². The van der Waals surface area contributed by atoms with Gasteiger partial charge in [-0.15, -0.1) is 24.8 Å². The molecule has 2 heterocycles. The molecule has 2 aromatic heterocycles. The molecule has 0 fully saturated rings. The molecule has 0 unspecified atom stereocenters. The zero-order valence-electron chi connectivity index (χ0n) is 6.48. The van der Waals surface area contributed by atoms with Crippen molar-refractivity contribution in [2.75, 3.05) is 0 Å². The van der Waals surface area contributed by atoms with E-state index in [-0.39, 0.29) is 24.8 Å². The summed E-state index contributed by atoms with van der Waals surface area (Å²) < 4.78 is 5.31. The summed E-state index contributed by atoms with van der Waals surface area (Å²) in [4.78, 5) is 4.11. The first kappa shape index (κ1) is 11.3.